The number of aromatic nitrogens is 1. The van der Waals surface area contributed by atoms with Gasteiger partial charge in [-0.25, -0.2) is 4.98 Å². The molecule has 20 heavy (non-hydrogen) atoms. The molecule has 0 saturated heterocycles. The number of benzene rings is 1. The predicted octanol–water partition coefficient (Wildman–Crippen LogP) is 2.77. The van der Waals surface area contributed by atoms with E-state index in [-0.39, 0.29) is 6.79 Å². The highest BCUT2D eigenvalue weighted by molar-refractivity contribution is 7.11. The molecule has 2 heterocycles. The van der Waals surface area contributed by atoms with Gasteiger partial charge in [-0.05, 0) is 25.1 Å². The maximum atomic E-state index is 5.30. The molecule has 1 aromatic carbocycles. The topological polar surface area (TPSA) is 52.9 Å². The molecule has 0 N–H and O–H groups in total. The molecule has 5 nitrogen and oxygen atoms in total. The van der Waals surface area contributed by atoms with Crippen molar-refractivity contribution < 1.29 is 14.3 Å². The van der Waals surface area contributed by atoms with E-state index in [1.807, 2.05) is 31.3 Å². The Kier molecular flexibility index (Phi) is 3.83. The minimum Gasteiger partial charge on any atom is -0.454 e. The Bertz CT molecular complexity index is 625. The normalized spacial score (nSPS) is 13.1. The minimum absolute atomic E-state index is 0.277. The van der Waals surface area contributed by atoms with E-state index in [1.165, 1.54) is 4.88 Å². The Hall–Kier alpha value is -2.08. The Morgan fingerprint density at radius 2 is 2.30 bits per heavy atom. The number of oxime groups is 1. The van der Waals surface area contributed by atoms with E-state index in [0.717, 1.165) is 28.5 Å². The van der Waals surface area contributed by atoms with Crippen molar-refractivity contribution in [3.63, 3.8) is 0 Å². The number of rotatable bonds is 5. The summed E-state index contributed by atoms with van der Waals surface area (Å²) in [5, 5.41) is 5.01. The molecular weight excluding hydrogens is 276 g/mol. The maximum absolute atomic E-state index is 5.30. The quantitative estimate of drug-likeness (QED) is 0.483. The van der Waals surface area contributed by atoms with Crippen molar-refractivity contribution in [1.29, 1.82) is 0 Å². The van der Waals surface area contributed by atoms with Gasteiger partial charge in [0.25, 0.3) is 0 Å². The van der Waals surface area contributed by atoms with Crippen molar-refractivity contribution >= 4 is 17.6 Å². The molecule has 0 bridgehead atoms. The summed E-state index contributed by atoms with van der Waals surface area (Å²) < 4.78 is 10.5. The van der Waals surface area contributed by atoms with Gasteiger partial charge in [0, 0.05) is 23.1 Å². The first-order chi connectivity index (χ1) is 9.81. The number of hydrogen-bond donors (Lipinski definition) is 0. The molecule has 1 aromatic heterocycles. The third-order valence-corrected chi connectivity index (χ3v) is 3.72. The number of ether oxygens (including phenoxy) is 2. The zero-order valence-electron chi connectivity index (χ0n) is 11.0. The molecule has 6 heteroatoms. The van der Waals surface area contributed by atoms with E-state index in [1.54, 1.807) is 17.6 Å². The van der Waals surface area contributed by atoms with Crippen LogP contribution < -0.4 is 9.47 Å². The van der Waals surface area contributed by atoms with E-state index in [2.05, 4.69) is 10.1 Å². The van der Waals surface area contributed by atoms with Gasteiger partial charge < -0.3 is 14.3 Å². The number of fused-ring (bicyclic) bond motifs is 1. The van der Waals surface area contributed by atoms with Gasteiger partial charge in [0.1, 0.15) is 6.61 Å². The molecule has 0 atom stereocenters. The van der Waals surface area contributed by atoms with E-state index in [9.17, 15) is 0 Å². The summed E-state index contributed by atoms with van der Waals surface area (Å²) in [5.74, 6) is 1.51. The zero-order chi connectivity index (χ0) is 13.8. The summed E-state index contributed by atoms with van der Waals surface area (Å²) >= 11 is 1.68. The Labute approximate surface area is 120 Å². The highest BCUT2D eigenvalue weighted by Crippen LogP contribution is 2.31. The Morgan fingerprint density at radius 1 is 1.40 bits per heavy atom. The van der Waals surface area contributed by atoms with Gasteiger partial charge in [0.05, 0.1) is 11.2 Å². The van der Waals surface area contributed by atoms with Crippen molar-refractivity contribution in [2.45, 2.75) is 13.3 Å². The summed E-state index contributed by atoms with van der Waals surface area (Å²) in [6.45, 7) is 2.84. The first-order valence-corrected chi connectivity index (χ1v) is 7.09. The lowest BCUT2D eigenvalue weighted by Gasteiger charge is -1.98. The van der Waals surface area contributed by atoms with Gasteiger partial charge in [-0.15, -0.1) is 11.3 Å². The first-order valence-electron chi connectivity index (χ1n) is 6.27. The largest absolute Gasteiger partial charge is 0.454 e. The van der Waals surface area contributed by atoms with Crippen LogP contribution in [0.4, 0.5) is 0 Å². The van der Waals surface area contributed by atoms with Crippen LogP contribution in [0.25, 0.3) is 0 Å². The molecule has 1 aliphatic heterocycles. The van der Waals surface area contributed by atoms with Crippen LogP contribution in [0.2, 0.25) is 0 Å². The highest BCUT2D eigenvalue weighted by atomic mass is 32.1. The average molecular weight is 290 g/mol. The highest BCUT2D eigenvalue weighted by Gasteiger charge is 2.12. The second-order valence-corrected chi connectivity index (χ2v) is 5.61. The molecular formula is C14H14N2O3S. The standard InChI is InChI=1S/C14H14N2O3S/c1-10-7-15-14(20-10)4-5-19-16-8-11-2-3-12-13(6-11)18-9-17-12/h2-3,6-8H,4-5,9H2,1H3. The Morgan fingerprint density at radius 3 is 3.15 bits per heavy atom. The van der Waals surface area contributed by atoms with Crippen LogP contribution in [0.3, 0.4) is 0 Å². The summed E-state index contributed by atoms with van der Waals surface area (Å²) in [4.78, 5) is 10.7. The SMILES string of the molecule is Cc1cnc(CCON=Cc2ccc3c(c2)OCO3)s1. The average Bonchev–Trinajstić information content (AvgIpc) is 3.06. The molecule has 0 spiro atoms. The molecule has 0 fully saturated rings. The van der Waals surface area contributed by atoms with Gasteiger partial charge in [-0.3, -0.25) is 0 Å². The lowest BCUT2D eigenvalue weighted by molar-refractivity contribution is 0.149. The molecule has 3 rings (SSSR count). The minimum atomic E-state index is 0.277. The van der Waals surface area contributed by atoms with Crippen molar-refractivity contribution in [2.24, 2.45) is 5.16 Å². The van der Waals surface area contributed by atoms with Crippen LogP contribution >= 0.6 is 11.3 Å². The fourth-order valence-electron chi connectivity index (χ4n) is 1.79. The fraction of sp³-hybridized carbons (Fsp3) is 0.286. The molecule has 1 aliphatic rings. The van der Waals surface area contributed by atoms with Gasteiger partial charge >= 0.3 is 0 Å². The lowest BCUT2D eigenvalue weighted by Crippen LogP contribution is -1.94. The van der Waals surface area contributed by atoms with Crippen LogP contribution in [0.15, 0.2) is 29.6 Å². The molecule has 0 unspecified atom stereocenters. The molecule has 104 valence electrons. The van der Waals surface area contributed by atoms with Crippen LogP contribution in [0, 0.1) is 6.92 Å². The van der Waals surface area contributed by atoms with Crippen molar-refractivity contribution in [3.8, 4) is 11.5 Å². The summed E-state index contributed by atoms with van der Waals surface area (Å²) in [6, 6.07) is 5.64. The van der Waals surface area contributed by atoms with Gasteiger partial charge in [-0.2, -0.15) is 0 Å². The Balaban J connectivity index is 1.48. The van der Waals surface area contributed by atoms with Crippen molar-refractivity contribution in [3.05, 3.63) is 39.8 Å². The third-order valence-electron chi connectivity index (χ3n) is 2.75. The second kappa shape index (κ2) is 5.92. The van der Waals surface area contributed by atoms with Gasteiger partial charge in [-0.1, -0.05) is 5.16 Å². The van der Waals surface area contributed by atoms with E-state index in [0.29, 0.717) is 6.61 Å². The van der Waals surface area contributed by atoms with Gasteiger partial charge in [0.2, 0.25) is 6.79 Å². The predicted molar refractivity (Wildman–Crippen MR) is 76.7 cm³/mol. The summed E-state index contributed by atoms with van der Waals surface area (Å²) in [6.07, 6.45) is 4.31. The number of thiazole rings is 1. The monoisotopic (exact) mass is 290 g/mol. The molecule has 0 radical (unpaired) electrons. The maximum Gasteiger partial charge on any atom is 0.231 e. The van der Waals surface area contributed by atoms with Crippen molar-refractivity contribution in [1.82, 2.24) is 4.98 Å². The third kappa shape index (κ3) is 3.08. The molecule has 0 amide bonds. The smallest absolute Gasteiger partial charge is 0.231 e. The van der Waals surface area contributed by atoms with E-state index < -0.39 is 0 Å². The summed E-state index contributed by atoms with van der Waals surface area (Å²) in [5.41, 5.74) is 0.916. The van der Waals surface area contributed by atoms with Crippen LogP contribution in [-0.4, -0.2) is 24.6 Å². The number of aryl methyl sites for hydroxylation is 1. The number of nitrogens with zero attached hydrogens (tertiary/aromatic N) is 2. The fourth-order valence-corrected chi connectivity index (χ4v) is 2.56. The van der Waals surface area contributed by atoms with Gasteiger partial charge in [0.15, 0.2) is 11.5 Å². The van der Waals surface area contributed by atoms with Crippen LogP contribution in [0.5, 0.6) is 11.5 Å². The zero-order valence-corrected chi connectivity index (χ0v) is 11.9. The van der Waals surface area contributed by atoms with Crippen LogP contribution in [-0.2, 0) is 11.3 Å². The van der Waals surface area contributed by atoms with Crippen molar-refractivity contribution in [2.75, 3.05) is 13.4 Å². The summed E-state index contributed by atoms with van der Waals surface area (Å²) in [7, 11) is 0. The van der Waals surface area contributed by atoms with E-state index in [4.69, 9.17) is 14.3 Å². The molecule has 0 aliphatic carbocycles. The second-order valence-electron chi connectivity index (χ2n) is 4.30. The molecule has 0 saturated carbocycles. The first kappa shape index (κ1) is 12.9. The lowest BCUT2D eigenvalue weighted by atomic mass is 10.2. The van der Waals surface area contributed by atoms with E-state index >= 15 is 0 Å². The molecule has 2 aromatic rings. The van der Waals surface area contributed by atoms with Crippen LogP contribution in [0.1, 0.15) is 15.4 Å². The number of hydrogen-bond acceptors (Lipinski definition) is 6.